The van der Waals surface area contributed by atoms with Gasteiger partial charge in [0.2, 0.25) is 5.88 Å². The first-order valence-corrected chi connectivity index (χ1v) is 8.00. The van der Waals surface area contributed by atoms with Gasteiger partial charge in [-0.25, -0.2) is 4.98 Å². The van der Waals surface area contributed by atoms with E-state index < -0.39 is 10.2 Å². The first-order valence-electron chi connectivity index (χ1n) is 6.56. The zero-order chi connectivity index (χ0) is 14.6. The fourth-order valence-electron chi connectivity index (χ4n) is 2.29. The molecule has 1 unspecified atom stereocenters. The average Bonchev–Trinajstić information content (AvgIpc) is 2.47. The summed E-state index contributed by atoms with van der Waals surface area (Å²) in [4.78, 5) is 3.97. The van der Waals surface area contributed by atoms with E-state index in [0.29, 0.717) is 24.7 Å². The topological polar surface area (TPSA) is 97.5 Å². The highest BCUT2D eigenvalue weighted by atomic mass is 32.2. The molecule has 2 heterocycles. The Kier molecular flexibility index (Phi) is 4.79. The third kappa shape index (κ3) is 3.38. The van der Waals surface area contributed by atoms with Crippen molar-refractivity contribution in [3.8, 4) is 5.88 Å². The molecule has 2 rings (SSSR count). The molecule has 1 fully saturated rings. The summed E-state index contributed by atoms with van der Waals surface area (Å²) in [5.41, 5.74) is 6.07. The Hall–Kier alpha value is -1.38. The number of piperidine rings is 1. The lowest BCUT2D eigenvalue weighted by atomic mass is 10.1. The summed E-state index contributed by atoms with van der Waals surface area (Å²) in [6, 6.07) is 3.09. The van der Waals surface area contributed by atoms with Gasteiger partial charge in [0.05, 0.1) is 19.0 Å². The highest BCUT2D eigenvalue weighted by Gasteiger charge is 2.31. The fourth-order valence-corrected chi connectivity index (χ4v) is 3.78. The van der Waals surface area contributed by atoms with Gasteiger partial charge in [-0.15, -0.1) is 0 Å². The molecule has 1 aliphatic rings. The number of nitrogens with zero attached hydrogens (tertiary/aromatic N) is 2. The van der Waals surface area contributed by atoms with Gasteiger partial charge >= 0.3 is 10.2 Å². The van der Waals surface area contributed by atoms with Crippen molar-refractivity contribution in [3.63, 3.8) is 0 Å². The molecule has 7 nitrogen and oxygen atoms in total. The number of methoxy groups -OCH3 is 1. The molecule has 0 aliphatic carbocycles. The van der Waals surface area contributed by atoms with E-state index in [-0.39, 0.29) is 6.04 Å². The molecule has 8 heteroatoms. The van der Waals surface area contributed by atoms with E-state index in [1.165, 1.54) is 17.6 Å². The first-order chi connectivity index (χ1) is 9.56. The molecular formula is C12H20N4O3S. The van der Waals surface area contributed by atoms with Gasteiger partial charge < -0.3 is 10.5 Å². The van der Waals surface area contributed by atoms with Crippen molar-refractivity contribution in [1.82, 2.24) is 9.29 Å². The van der Waals surface area contributed by atoms with Crippen LogP contribution in [0.25, 0.3) is 0 Å². The van der Waals surface area contributed by atoms with Crippen molar-refractivity contribution in [2.24, 2.45) is 5.73 Å². The number of rotatable bonds is 5. The molecule has 0 radical (unpaired) electrons. The van der Waals surface area contributed by atoms with Crippen LogP contribution < -0.4 is 15.2 Å². The molecule has 0 spiro atoms. The van der Waals surface area contributed by atoms with Crippen LogP contribution >= 0.6 is 0 Å². The summed E-state index contributed by atoms with van der Waals surface area (Å²) in [6.45, 7) is 0.836. The number of pyridine rings is 1. The Bertz CT molecular complexity index is 532. The number of aromatic nitrogens is 1. The third-order valence-electron chi connectivity index (χ3n) is 3.35. The zero-order valence-corrected chi connectivity index (χ0v) is 12.3. The molecule has 1 aromatic rings. The van der Waals surface area contributed by atoms with Crippen LogP contribution in [-0.4, -0.2) is 43.9 Å². The monoisotopic (exact) mass is 300 g/mol. The molecule has 1 saturated heterocycles. The second-order valence-electron chi connectivity index (χ2n) is 4.69. The maximum atomic E-state index is 12.4. The maximum absolute atomic E-state index is 12.4. The van der Waals surface area contributed by atoms with Gasteiger partial charge in [-0.3, -0.25) is 4.72 Å². The minimum atomic E-state index is -3.59. The summed E-state index contributed by atoms with van der Waals surface area (Å²) >= 11 is 0. The lowest BCUT2D eigenvalue weighted by molar-refractivity contribution is 0.259. The van der Waals surface area contributed by atoms with Gasteiger partial charge in [-0.05, 0) is 18.9 Å². The summed E-state index contributed by atoms with van der Waals surface area (Å²) in [5.74, 6) is 0.436. The minimum absolute atomic E-state index is 0.132. The predicted octanol–water partition coefficient (Wildman–Crippen LogP) is 0.560. The molecule has 0 bridgehead atoms. The third-order valence-corrected chi connectivity index (χ3v) is 4.94. The van der Waals surface area contributed by atoms with Crippen molar-refractivity contribution in [1.29, 1.82) is 0 Å². The Morgan fingerprint density at radius 1 is 1.50 bits per heavy atom. The molecule has 0 amide bonds. The van der Waals surface area contributed by atoms with E-state index in [9.17, 15) is 8.42 Å². The molecule has 112 valence electrons. The Morgan fingerprint density at radius 2 is 2.30 bits per heavy atom. The first kappa shape index (κ1) is 15.0. The SMILES string of the molecule is COc1ccc(NS(=O)(=O)N2CCCCC2CN)cn1. The van der Waals surface area contributed by atoms with Crippen molar-refractivity contribution in [3.05, 3.63) is 18.3 Å². The molecule has 0 aromatic carbocycles. The van der Waals surface area contributed by atoms with E-state index in [1.807, 2.05) is 0 Å². The summed E-state index contributed by atoms with van der Waals surface area (Å²) < 4.78 is 33.7. The predicted molar refractivity (Wildman–Crippen MR) is 76.7 cm³/mol. The lowest BCUT2D eigenvalue weighted by Gasteiger charge is -2.33. The Balaban J connectivity index is 2.12. The summed E-state index contributed by atoms with van der Waals surface area (Å²) in [6.07, 6.45) is 4.10. The highest BCUT2D eigenvalue weighted by molar-refractivity contribution is 7.90. The average molecular weight is 300 g/mol. The molecule has 1 atom stereocenters. The van der Waals surface area contributed by atoms with E-state index in [0.717, 1.165) is 19.3 Å². The van der Waals surface area contributed by atoms with Crippen LogP contribution in [0.1, 0.15) is 19.3 Å². The number of ether oxygens (including phenoxy) is 1. The molecule has 20 heavy (non-hydrogen) atoms. The van der Waals surface area contributed by atoms with Gasteiger partial charge in [-0.1, -0.05) is 6.42 Å². The van der Waals surface area contributed by atoms with Crippen LogP contribution in [-0.2, 0) is 10.2 Å². The van der Waals surface area contributed by atoms with Gasteiger partial charge in [0, 0.05) is 25.2 Å². The van der Waals surface area contributed by atoms with Crippen LogP contribution in [0.2, 0.25) is 0 Å². The molecule has 1 aromatic heterocycles. The zero-order valence-electron chi connectivity index (χ0n) is 11.4. The maximum Gasteiger partial charge on any atom is 0.301 e. The van der Waals surface area contributed by atoms with Crippen LogP contribution in [0, 0.1) is 0 Å². The van der Waals surface area contributed by atoms with Crippen LogP contribution in [0.5, 0.6) is 5.88 Å². The number of hydrogen-bond acceptors (Lipinski definition) is 5. The Labute approximate surface area is 119 Å². The van der Waals surface area contributed by atoms with Gasteiger partial charge in [0.15, 0.2) is 0 Å². The van der Waals surface area contributed by atoms with Crippen LogP contribution in [0.3, 0.4) is 0 Å². The lowest BCUT2D eigenvalue weighted by Crippen LogP contribution is -2.49. The molecule has 1 aliphatic heterocycles. The number of hydrogen-bond donors (Lipinski definition) is 2. The summed E-state index contributed by atoms with van der Waals surface area (Å²) in [7, 11) is -2.09. The fraction of sp³-hybridized carbons (Fsp3) is 0.583. The van der Waals surface area contributed by atoms with Gasteiger partial charge in [-0.2, -0.15) is 12.7 Å². The van der Waals surface area contributed by atoms with E-state index in [1.54, 1.807) is 12.1 Å². The number of anilines is 1. The van der Waals surface area contributed by atoms with E-state index in [2.05, 4.69) is 9.71 Å². The second-order valence-corrected chi connectivity index (χ2v) is 6.32. The van der Waals surface area contributed by atoms with E-state index in [4.69, 9.17) is 10.5 Å². The summed E-state index contributed by atoms with van der Waals surface area (Å²) in [5, 5.41) is 0. The minimum Gasteiger partial charge on any atom is -0.481 e. The second kappa shape index (κ2) is 6.38. The van der Waals surface area contributed by atoms with Gasteiger partial charge in [0.1, 0.15) is 0 Å². The standard InChI is InChI=1S/C12H20N4O3S/c1-19-12-6-5-10(9-14-12)15-20(17,18)16-7-3-2-4-11(16)8-13/h5-6,9,11,15H,2-4,7-8,13H2,1H3. The van der Waals surface area contributed by atoms with Gasteiger partial charge in [0.25, 0.3) is 0 Å². The number of nitrogens with two attached hydrogens (primary N) is 1. The van der Waals surface area contributed by atoms with Crippen molar-refractivity contribution < 1.29 is 13.2 Å². The van der Waals surface area contributed by atoms with Crippen molar-refractivity contribution in [2.75, 3.05) is 24.9 Å². The quantitative estimate of drug-likeness (QED) is 0.828. The number of nitrogens with one attached hydrogen (secondary N) is 1. The molecule has 0 saturated carbocycles. The largest absolute Gasteiger partial charge is 0.481 e. The van der Waals surface area contributed by atoms with Crippen LogP contribution in [0.4, 0.5) is 5.69 Å². The van der Waals surface area contributed by atoms with Crippen molar-refractivity contribution in [2.45, 2.75) is 25.3 Å². The molecular weight excluding hydrogens is 280 g/mol. The Morgan fingerprint density at radius 3 is 2.90 bits per heavy atom. The highest BCUT2D eigenvalue weighted by Crippen LogP contribution is 2.21. The smallest absolute Gasteiger partial charge is 0.301 e. The molecule has 3 N–H and O–H groups in total. The normalized spacial score (nSPS) is 20.6. The van der Waals surface area contributed by atoms with E-state index >= 15 is 0 Å². The van der Waals surface area contributed by atoms with Crippen molar-refractivity contribution >= 4 is 15.9 Å². The van der Waals surface area contributed by atoms with Crippen LogP contribution in [0.15, 0.2) is 18.3 Å².